The number of anilines is 2. The molecule has 2 amide bonds. The summed E-state index contributed by atoms with van der Waals surface area (Å²) < 4.78 is 10.7. The van der Waals surface area contributed by atoms with E-state index in [0.29, 0.717) is 34.0 Å². The molecule has 1 aliphatic rings. The number of ether oxygens (including phenoxy) is 2. The summed E-state index contributed by atoms with van der Waals surface area (Å²) in [6.07, 6.45) is 0.877. The van der Waals surface area contributed by atoms with E-state index < -0.39 is 5.91 Å². The van der Waals surface area contributed by atoms with Gasteiger partial charge < -0.3 is 14.8 Å². The Balaban J connectivity index is 1.77. The molecule has 0 fully saturated rings. The summed E-state index contributed by atoms with van der Waals surface area (Å²) in [6.45, 7) is 2.06. The minimum absolute atomic E-state index is 0.216. The lowest BCUT2D eigenvalue weighted by atomic mass is 10.0. The van der Waals surface area contributed by atoms with Crippen molar-refractivity contribution in [2.45, 2.75) is 13.3 Å². The van der Waals surface area contributed by atoms with Crippen LogP contribution in [0.3, 0.4) is 0 Å². The Morgan fingerprint density at radius 1 is 0.812 bits per heavy atom. The van der Waals surface area contributed by atoms with Crippen molar-refractivity contribution >= 4 is 28.8 Å². The lowest BCUT2D eigenvalue weighted by Gasteiger charge is -2.16. The first kappa shape index (κ1) is 21.2. The second-order valence-electron chi connectivity index (χ2n) is 7.28. The van der Waals surface area contributed by atoms with Crippen LogP contribution in [0.15, 0.2) is 78.5 Å². The molecule has 0 saturated carbocycles. The average Bonchev–Trinajstić information content (AvgIpc) is 3.08. The molecule has 3 aromatic carbocycles. The molecule has 0 aromatic heterocycles. The van der Waals surface area contributed by atoms with Gasteiger partial charge in [0.2, 0.25) is 0 Å². The fraction of sp³-hybridized carbons (Fsp3) is 0.154. The molecule has 1 heterocycles. The van der Waals surface area contributed by atoms with Gasteiger partial charge in [0.1, 0.15) is 5.70 Å². The predicted molar refractivity (Wildman–Crippen MR) is 125 cm³/mol. The van der Waals surface area contributed by atoms with E-state index in [-0.39, 0.29) is 11.6 Å². The van der Waals surface area contributed by atoms with Crippen molar-refractivity contribution in [2.75, 3.05) is 24.4 Å². The second-order valence-corrected chi connectivity index (χ2v) is 7.28. The number of imide groups is 1. The Labute approximate surface area is 187 Å². The molecule has 0 aliphatic carbocycles. The largest absolute Gasteiger partial charge is 0.493 e. The Morgan fingerprint density at radius 2 is 1.50 bits per heavy atom. The van der Waals surface area contributed by atoms with Crippen molar-refractivity contribution in [2.24, 2.45) is 0 Å². The highest BCUT2D eigenvalue weighted by Crippen LogP contribution is 2.36. The highest BCUT2D eigenvalue weighted by Gasteiger charge is 2.40. The Morgan fingerprint density at radius 3 is 2.12 bits per heavy atom. The first-order valence-electron chi connectivity index (χ1n) is 10.3. The molecular weight excluding hydrogens is 404 g/mol. The molecule has 0 saturated heterocycles. The number of amides is 2. The third kappa shape index (κ3) is 3.83. The summed E-state index contributed by atoms with van der Waals surface area (Å²) in [5.74, 6) is 0.311. The quantitative estimate of drug-likeness (QED) is 0.554. The smallest absolute Gasteiger partial charge is 0.282 e. The van der Waals surface area contributed by atoms with E-state index in [1.54, 1.807) is 44.6 Å². The SMILES string of the molecule is CCc1ccc(N2C(=O)C(Nc3ccc(OC)c(OC)c3)=C(c3ccccc3)C2=O)cc1. The minimum Gasteiger partial charge on any atom is -0.493 e. The van der Waals surface area contributed by atoms with Gasteiger partial charge in [-0.25, -0.2) is 4.90 Å². The summed E-state index contributed by atoms with van der Waals surface area (Å²) in [4.78, 5) is 28.1. The van der Waals surface area contributed by atoms with E-state index in [1.165, 1.54) is 4.90 Å². The summed E-state index contributed by atoms with van der Waals surface area (Å²) >= 11 is 0. The fourth-order valence-corrected chi connectivity index (χ4v) is 3.69. The number of hydrogen-bond acceptors (Lipinski definition) is 5. The van der Waals surface area contributed by atoms with Crippen molar-refractivity contribution in [3.63, 3.8) is 0 Å². The molecule has 4 rings (SSSR count). The van der Waals surface area contributed by atoms with E-state index in [0.717, 1.165) is 12.0 Å². The molecule has 0 bridgehead atoms. The topological polar surface area (TPSA) is 67.9 Å². The van der Waals surface area contributed by atoms with Gasteiger partial charge in [-0.1, -0.05) is 49.4 Å². The van der Waals surface area contributed by atoms with E-state index in [9.17, 15) is 9.59 Å². The molecule has 6 heteroatoms. The van der Waals surface area contributed by atoms with Crippen LogP contribution in [-0.2, 0) is 16.0 Å². The molecule has 0 atom stereocenters. The Hall–Kier alpha value is -4.06. The van der Waals surface area contributed by atoms with Gasteiger partial charge in [0, 0.05) is 11.8 Å². The summed E-state index contributed by atoms with van der Waals surface area (Å²) in [7, 11) is 3.10. The maximum Gasteiger partial charge on any atom is 0.282 e. The van der Waals surface area contributed by atoms with Crippen molar-refractivity contribution < 1.29 is 19.1 Å². The first-order chi connectivity index (χ1) is 15.6. The molecule has 0 radical (unpaired) electrons. The standard InChI is InChI=1S/C26H24N2O4/c1-4-17-10-13-20(14-11-17)28-25(29)23(18-8-6-5-7-9-18)24(26(28)30)27-19-12-15-21(31-2)22(16-19)32-3/h5-16,27H,4H2,1-3H3. The number of nitrogens with zero attached hydrogens (tertiary/aromatic N) is 1. The van der Waals surface area contributed by atoms with E-state index >= 15 is 0 Å². The van der Waals surface area contributed by atoms with Gasteiger partial charge in [0.15, 0.2) is 11.5 Å². The molecule has 32 heavy (non-hydrogen) atoms. The number of benzene rings is 3. The number of nitrogens with one attached hydrogen (secondary N) is 1. The summed E-state index contributed by atoms with van der Waals surface area (Å²) in [6, 6.07) is 21.9. The highest BCUT2D eigenvalue weighted by atomic mass is 16.5. The van der Waals surface area contributed by atoms with Crippen LogP contribution in [-0.4, -0.2) is 26.0 Å². The summed E-state index contributed by atoms with van der Waals surface area (Å²) in [5, 5.41) is 3.15. The fourth-order valence-electron chi connectivity index (χ4n) is 3.69. The van der Waals surface area contributed by atoms with Crippen LogP contribution in [0.1, 0.15) is 18.1 Å². The van der Waals surface area contributed by atoms with Gasteiger partial charge in [0.05, 0.1) is 25.5 Å². The Kier molecular flexibility index (Phi) is 5.94. The molecule has 162 valence electrons. The van der Waals surface area contributed by atoms with E-state index in [4.69, 9.17) is 9.47 Å². The number of hydrogen-bond donors (Lipinski definition) is 1. The summed E-state index contributed by atoms with van der Waals surface area (Å²) in [5.41, 5.74) is 3.48. The third-order valence-electron chi connectivity index (χ3n) is 5.40. The Bertz CT molecular complexity index is 1180. The monoisotopic (exact) mass is 428 g/mol. The zero-order valence-corrected chi connectivity index (χ0v) is 18.2. The highest BCUT2D eigenvalue weighted by molar-refractivity contribution is 6.46. The minimum atomic E-state index is -0.409. The van der Waals surface area contributed by atoms with E-state index in [2.05, 4.69) is 12.2 Å². The third-order valence-corrected chi connectivity index (χ3v) is 5.40. The molecule has 0 unspecified atom stereocenters. The lowest BCUT2D eigenvalue weighted by molar-refractivity contribution is -0.120. The van der Waals surface area contributed by atoms with Crippen molar-refractivity contribution in [1.29, 1.82) is 0 Å². The van der Waals surface area contributed by atoms with Crippen LogP contribution in [0, 0.1) is 0 Å². The number of carbonyl (C=O) groups excluding carboxylic acids is 2. The van der Waals surface area contributed by atoms with Crippen LogP contribution in [0.25, 0.3) is 5.57 Å². The van der Waals surface area contributed by atoms with Crippen LogP contribution in [0.5, 0.6) is 11.5 Å². The number of methoxy groups -OCH3 is 2. The number of aryl methyl sites for hydroxylation is 1. The lowest BCUT2D eigenvalue weighted by Crippen LogP contribution is -2.32. The number of carbonyl (C=O) groups is 2. The van der Waals surface area contributed by atoms with Gasteiger partial charge in [-0.3, -0.25) is 9.59 Å². The van der Waals surface area contributed by atoms with Gasteiger partial charge >= 0.3 is 0 Å². The maximum atomic E-state index is 13.5. The van der Waals surface area contributed by atoms with Crippen LogP contribution in [0.2, 0.25) is 0 Å². The normalized spacial score (nSPS) is 13.5. The average molecular weight is 428 g/mol. The number of rotatable bonds is 7. The van der Waals surface area contributed by atoms with Crippen molar-refractivity contribution in [3.8, 4) is 11.5 Å². The zero-order chi connectivity index (χ0) is 22.7. The zero-order valence-electron chi connectivity index (χ0n) is 18.2. The van der Waals surface area contributed by atoms with Gasteiger partial charge in [0.25, 0.3) is 11.8 Å². The van der Waals surface area contributed by atoms with Gasteiger partial charge in [-0.2, -0.15) is 0 Å². The molecular formula is C26H24N2O4. The van der Waals surface area contributed by atoms with Gasteiger partial charge in [-0.05, 0) is 41.8 Å². The molecule has 0 spiro atoms. The maximum absolute atomic E-state index is 13.5. The van der Waals surface area contributed by atoms with E-state index in [1.807, 2.05) is 42.5 Å². The molecule has 1 N–H and O–H groups in total. The van der Waals surface area contributed by atoms with Crippen LogP contribution >= 0.6 is 0 Å². The van der Waals surface area contributed by atoms with Gasteiger partial charge in [-0.15, -0.1) is 0 Å². The predicted octanol–water partition coefficient (Wildman–Crippen LogP) is 4.66. The van der Waals surface area contributed by atoms with Crippen LogP contribution in [0.4, 0.5) is 11.4 Å². The second kappa shape index (κ2) is 8.98. The first-order valence-corrected chi connectivity index (χ1v) is 10.3. The van der Waals surface area contributed by atoms with Crippen molar-refractivity contribution in [1.82, 2.24) is 0 Å². The molecule has 3 aromatic rings. The van der Waals surface area contributed by atoms with Crippen molar-refractivity contribution in [3.05, 3.63) is 89.6 Å². The molecule has 6 nitrogen and oxygen atoms in total. The van der Waals surface area contributed by atoms with Crippen LogP contribution < -0.4 is 19.7 Å². The molecule has 1 aliphatic heterocycles.